The Hall–Kier alpha value is -3.22. The van der Waals surface area contributed by atoms with Gasteiger partial charge >= 0.3 is 6.18 Å². The van der Waals surface area contributed by atoms with E-state index < -0.39 is 17.2 Å². The van der Waals surface area contributed by atoms with E-state index in [2.05, 4.69) is 10.3 Å². The largest absolute Gasteiger partial charge is 0.484 e. The zero-order valence-electron chi connectivity index (χ0n) is 24.1. The summed E-state index contributed by atoms with van der Waals surface area (Å²) in [5.41, 5.74) is -0.659. The smallest absolute Gasteiger partial charge is 0.417 e. The zero-order chi connectivity index (χ0) is 30.2. The molecular weight excluding hydrogens is 565 g/mol. The van der Waals surface area contributed by atoms with Crippen molar-refractivity contribution in [2.24, 2.45) is 11.3 Å². The molecule has 6 rings (SSSR count). The number of benzene rings is 1. The van der Waals surface area contributed by atoms with Gasteiger partial charge in [-0.25, -0.2) is 0 Å². The van der Waals surface area contributed by atoms with Gasteiger partial charge in [-0.2, -0.15) is 13.2 Å². The van der Waals surface area contributed by atoms with Crippen molar-refractivity contribution >= 4 is 11.8 Å². The summed E-state index contributed by atoms with van der Waals surface area (Å²) in [6.07, 6.45) is -1.35. The highest BCUT2D eigenvalue weighted by Gasteiger charge is 2.59. The monoisotopic (exact) mass is 602 g/mol. The normalized spacial score (nSPS) is 28.8. The summed E-state index contributed by atoms with van der Waals surface area (Å²) >= 11 is 0. The van der Waals surface area contributed by atoms with Crippen molar-refractivity contribution in [2.45, 2.75) is 56.6 Å². The van der Waals surface area contributed by atoms with Gasteiger partial charge in [-0.15, -0.1) is 0 Å². The highest BCUT2D eigenvalue weighted by Crippen LogP contribution is 2.51. The number of para-hydroxylation sites is 1. The number of ether oxygens (including phenoxy) is 3. The summed E-state index contributed by atoms with van der Waals surface area (Å²) in [5.74, 6) is 0.189. The summed E-state index contributed by atoms with van der Waals surface area (Å²) in [5, 5.41) is 3.72. The first-order valence-electron chi connectivity index (χ1n) is 14.8. The predicted octanol–water partition coefficient (Wildman–Crippen LogP) is 3.06. The maximum Gasteiger partial charge on any atom is 0.417 e. The molecule has 2 saturated heterocycles. The molecule has 3 fully saturated rings. The van der Waals surface area contributed by atoms with Crippen LogP contribution < -0.4 is 10.1 Å². The second kappa shape index (κ2) is 12.0. The van der Waals surface area contributed by atoms with Gasteiger partial charge in [0.25, 0.3) is 5.91 Å². The van der Waals surface area contributed by atoms with Crippen molar-refractivity contribution in [3.63, 3.8) is 0 Å². The number of alkyl halides is 3. The lowest BCUT2D eigenvalue weighted by Crippen LogP contribution is -2.52. The number of nitrogens with zero attached hydrogens (tertiary/aromatic N) is 3. The molecule has 1 aromatic carbocycles. The van der Waals surface area contributed by atoms with Crippen LogP contribution in [0.2, 0.25) is 0 Å². The Morgan fingerprint density at radius 1 is 1.21 bits per heavy atom. The van der Waals surface area contributed by atoms with Gasteiger partial charge in [-0.05, 0) is 48.9 Å². The van der Waals surface area contributed by atoms with Crippen molar-refractivity contribution in [3.8, 4) is 5.75 Å². The van der Waals surface area contributed by atoms with E-state index in [0.717, 1.165) is 18.7 Å². The maximum atomic E-state index is 14.4. The molecule has 1 aromatic heterocycles. The minimum atomic E-state index is -4.51. The molecule has 1 N–H and O–H groups in total. The van der Waals surface area contributed by atoms with E-state index in [1.165, 1.54) is 0 Å². The number of carbonyl (C=O) groups excluding carboxylic acids is 2. The van der Waals surface area contributed by atoms with Crippen LogP contribution in [-0.2, 0) is 38.2 Å². The molecule has 43 heavy (non-hydrogen) atoms. The van der Waals surface area contributed by atoms with Crippen LogP contribution in [0.25, 0.3) is 0 Å². The number of hydrogen-bond donors (Lipinski definition) is 1. The highest BCUT2D eigenvalue weighted by molar-refractivity contribution is 5.87. The van der Waals surface area contributed by atoms with Gasteiger partial charge in [0.1, 0.15) is 5.75 Å². The first-order valence-corrected chi connectivity index (χ1v) is 14.8. The first-order chi connectivity index (χ1) is 20.7. The molecule has 3 aliphatic heterocycles. The van der Waals surface area contributed by atoms with Gasteiger partial charge in [0, 0.05) is 70.3 Å². The van der Waals surface area contributed by atoms with E-state index in [1.807, 2.05) is 18.2 Å². The maximum absolute atomic E-state index is 14.4. The fourth-order valence-electron chi connectivity index (χ4n) is 7.28. The summed E-state index contributed by atoms with van der Waals surface area (Å²) in [7, 11) is 1.66. The third-order valence-corrected chi connectivity index (χ3v) is 9.47. The van der Waals surface area contributed by atoms with Crippen LogP contribution in [0.5, 0.6) is 5.75 Å². The standard InChI is InChI=1S/C31H37F3N4O5/c1-41-27-17-42-10-8-26(27)36-23-12-22-16-38(28(39)18-43-24-5-3-2-4-6-24)19-30(22,13-23)29(40)37-9-7-25-20(15-37)11-21(14-35-25)31(32,33)34/h2-6,11,14,22-23,26-27,36H,7-10,12-13,15-19H2,1H3/t22-,23+,26?,27?,30-/m0/s1. The number of nitrogens with one attached hydrogen (secondary N) is 1. The van der Waals surface area contributed by atoms with Gasteiger partial charge in [0.2, 0.25) is 5.91 Å². The molecule has 1 aliphatic carbocycles. The molecule has 4 aliphatic rings. The van der Waals surface area contributed by atoms with Crippen LogP contribution in [0.3, 0.4) is 0 Å². The zero-order valence-corrected chi connectivity index (χ0v) is 24.1. The third-order valence-electron chi connectivity index (χ3n) is 9.47. The molecule has 1 saturated carbocycles. The Morgan fingerprint density at radius 2 is 2.02 bits per heavy atom. The molecular formula is C31H37F3N4O5. The minimum Gasteiger partial charge on any atom is -0.484 e. The molecule has 232 valence electrons. The molecule has 9 nitrogen and oxygen atoms in total. The van der Waals surface area contributed by atoms with Crippen LogP contribution in [0, 0.1) is 11.3 Å². The number of fused-ring (bicyclic) bond motifs is 2. The molecule has 5 atom stereocenters. The summed E-state index contributed by atoms with van der Waals surface area (Å²) in [6.45, 7) is 2.09. The quantitative estimate of drug-likeness (QED) is 0.521. The molecule has 2 aromatic rings. The number of aromatic nitrogens is 1. The molecule has 0 radical (unpaired) electrons. The number of halogens is 3. The molecule has 12 heteroatoms. The number of pyridine rings is 1. The van der Waals surface area contributed by atoms with Crippen LogP contribution in [0.15, 0.2) is 42.6 Å². The number of hydrogen-bond acceptors (Lipinski definition) is 7. The predicted molar refractivity (Wildman–Crippen MR) is 149 cm³/mol. The van der Waals surface area contributed by atoms with Crippen molar-refractivity contribution in [1.82, 2.24) is 20.1 Å². The average Bonchev–Trinajstić information content (AvgIpc) is 3.54. The molecule has 2 unspecified atom stereocenters. The second-order valence-corrected chi connectivity index (χ2v) is 12.1. The van der Waals surface area contributed by atoms with E-state index in [1.54, 1.807) is 29.0 Å². The topological polar surface area (TPSA) is 93.2 Å². The number of rotatable bonds is 7. The van der Waals surface area contributed by atoms with E-state index in [4.69, 9.17) is 14.2 Å². The first kappa shape index (κ1) is 29.8. The summed E-state index contributed by atoms with van der Waals surface area (Å²) in [6, 6.07) is 10.3. The van der Waals surface area contributed by atoms with E-state index in [9.17, 15) is 22.8 Å². The Bertz CT molecular complexity index is 1330. The fraction of sp³-hybridized carbons (Fsp3) is 0.581. The van der Waals surface area contributed by atoms with Gasteiger partial charge in [-0.3, -0.25) is 14.6 Å². The Morgan fingerprint density at radius 3 is 2.79 bits per heavy atom. The Balaban J connectivity index is 1.21. The lowest BCUT2D eigenvalue weighted by Gasteiger charge is -2.37. The summed E-state index contributed by atoms with van der Waals surface area (Å²) < 4.78 is 57.2. The van der Waals surface area contributed by atoms with Gasteiger partial charge in [0.05, 0.1) is 23.7 Å². The number of carbonyl (C=O) groups is 2. The average molecular weight is 603 g/mol. The van der Waals surface area contributed by atoms with Crippen LogP contribution in [0.4, 0.5) is 13.2 Å². The van der Waals surface area contributed by atoms with E-state index >= 15 is 0 Å². The van der Waals surface area contributed by atoms with E-state index in [0.29, 0.717) is 62.6 Å². The van der Waals surface area contributed by atoms with Crippen molar-refractivity contribution in [2.75, 3.05) is 46.6 Å². The van der Waals surface area contributed by atoms with Crippen LogP contribution in [0.1, 0.15) is 36.1 Å². The lowest BCUT2D eigenvalue weighted by atomic mass is 9.78. The second-order valence-electron chi connectivity index (χ2n) is 12.1. The molecule has 0 spiro atoms. The lowest BCUT2D eigenvalue weighted by molar-refractivity contribution is -0.144. The molecule has 2 amide bonds. The molecule has 0 bridgehead atoms. The highest BCUT2D eigenvalue weighted by atomic mass is 19.4. The fourth-order valence-corrected chi connectivity index (χ4v) is 7.28. The SMILES string of the molecule is COC1COCCC1N[C@@H]1C[C@H]2CN(C(=O)COc3ccccc3)C[C@@]2(C(=O)N2CCc3ncc(C(F)(F)F)cc3C2)C1. The van der Waals surface area contributed by atoms with Crippen molar-refractivity contribution < 1.29 is 37.0 Å². The Kier molecular flexibility index (Phi) is 8.36. The third kappa shape index (κ3) is 6.09. The van der Waals surface area contributed by atoms with Crippen LogP contribution >= 0.6 is 0 Å². The van der Waals surface area contributed by atoms with Gasteiger partial charge < -0.3 is 29.3 Å². The van der Waals surface area contributed by atoms with Crippen LogP contribution in [-0.4, -0.2) is 91.4 Å². The van der Waals surface area contributed by atoms with Crippen molar-refractivity contribution in [1.29, 1.82) is 0 Å². The molecule has 4 heterocycles. The van der Waals surface area contributed by atoms with Gasteiger partial charge in [0.15, 0.2) is 6.61 Å². The van der Waals surface area contributed by atoms with Gasteiger partial charge in [-0.1, -0.05) is 18.2 Å². The Labute approximate surface area is 248 Å². The minimum absolute atomic E-state index is 0.0306. The van der Waals surface area contributed by atoms with E-state index in [-0.39, 0.29) is 55.6 Å². The number of amides is 2. The van der Waals surface area contributed by atoms with Crippen molar-refractivity contribution in [3.05, 3.63) is 59.4 Å². The number of methoxy groups -OCH3 is 1. The summed E-state index contributed by atoms with van der Waals surface area (Å²) in [4.78, 5) is 35.2. The number of likely N-dealkylation sites (tertiary alicyclic amines) is 1.